The molecular weight excluding hydrogens is 346 g/mol. The Morgan fingerprint density at radius 2 is 1.81 bits per heavy atom. The summed E-state index contributed by atoms with van der Waals surface area (Å²) in [6.07, 6.45) is 1.86. The molecular formula is C20H21N3O2S. The van der Waals surface area contributed by atoms with Crippen molar-refractivity contribution >= 4 is 17.2 Å². The van der Waals surface area contributed by atoms with Crippen LogP contribution in [0.5, 0.6) is 11.5 Å². The minimum absolute atomic E-state index is 0.587. The summed E-state index contributed by atoms with van der Waals surface area (Å²) in [4.78, 5) is 11.6. The van der Waals surface area contributed by atoms with Crippen molar-refractivity contribution in [2.45, 2.75) is 13.8 Å². The first-order valence-electron chi connectivity index (χ1n) is 8.85. The van der Waals surface area contributed by atoms with E-state index in [1.807, 2.05) is 30.5 Å². The lowest BCUT2D eigenvalue weighted by atomic mass is 10.1. The fraction of sp³-hybridized carbons (Fsp3) is 0.300. The number of hydrogen-bond donors (Lipinski definition) is 0. The van der Waals surface area contributed by atoms with Gasteiger partial charge in [-0.3, -0.25) is 0 Å². The number of rotatable bonds is 5. The van der Waals surface area contributed by atoms with Crippen LogP contribution in [0.3, 0.4) is 0 Å². The van der Waals surface area contributed by atoms with E-state index in [1.165, 1.54) is 0 Å². The number of fused-ring (bicyclic) bond motifs is 1. The van der Waals surface area contributed by atoms with Gasteiger partial charge in [-0.05, 0) is 44.2 Å². The molecule has 0 spiro atoms. The molecule has 5 nitrogen and oxygen atoms in total. The molecule has 3 heterocycles. The van der Waals surface area contributed by atoms with E-state index in [4.69, 9.17) is 14.5 Å². The molecule has 0 aliphatic carbocycles. The van der Waals surface area contributed by atoms with E-state index in [2.05, 4.69) is 35.2 Å². The van der Waals surface area contributed by atoms with Crippen LogP contribution >= 0.6 is 11.3 Å². The van der Waals surface area contributed by atoms with Gasteiger partial charge in [0.05, 0.1) is 5.69 Å². The van der Waals surface area contributed by atoms with Crippen molar-refractivity contribution < 1.29 is 9.47 Å². The zero-order chi connectivity index (χ0) is 17.9. The van der Waals surface area contributed by atoms with Crippen molar-refractivity contribution in [1.29, 1.82) is 0 Å². The third-order valence-corrected chi connectivity index (χ3v) is 5.31. The van der Waals surface area contributed by atoms with Crippen molar-refractivity contribution in [3.05, 3.63) is 41.9 Å². The van der Waals surface area contributed by atoms with Gasteiger partial charge in [-0.2, -0.15) is 0 Å². The molecule has 26 heavy (non-hydrogen) atoms. The molecule has 134 valence electrons. The van der Waals surface area contributed by atoms with Crippen LogP contribution in [-0.4, -0.2) is 36.3 Å². The Morgan fingerprint density at radius 1 is 1.00 bits per heavy atom. The second-order valence-electron chi connectivity index (χ2n) is 5.97. The number of benzene rings is 1. The molecule has 0 fully saturated rings. The summed E-state index contributed by atoms with van der Waals surface area (Å²) >= 11 is 1.64. The van der Waals surface area contributed by atoms with Gasteiger partial charge in [-0.1, -0.05) is 0 Å². The first kappa shape index (κ1) is 16.8. The maximum absolute atomic E-state index is 5.68. The highest BCUT2D eigenvalue weighted by molar-refractivity contribution is 7.13. The maximum atomic E-state index is 5.68. The lowest BCUT2D eigenvalue weighted by Gasteiger charge is -2.19. The van der Waals surface area contributed by atoms with E-state index < -0.39 is 0 Å². The van der Waals surface area contributed by atoms with Gasteiger partial charge in [0.25, 0.3) is 0 Å². The first-order chi connectivity index (χ1) is 12.8. The van der Waals surface area contributed by atoms with Crippen LogP contribution in [-0.2, 0) is 0 Å². The number of anilines is 1. The number of ether oxygens (including phenoxy) is 2. The number of pyridine rings is 1. The molecule has 0 atom stereocenters. The Hall–Kier alpha value is -2.60. The van der Waals surface area contributed by atoms with Crippen molar-refractivity contribution in [3.8, 4) is 33.3 Å². The number of nitrogens with zero attached hydrogens (tertiary/aromatic N) is 3. The predicted octanol–water partition coefficient (Wildman–Crippen LogP) is 4.49. The number of hydrogen-bond acceptors (Lipinski definition) is 6. The van der Waals surface area contributed by atoms with E-state index >= 15 is 0 Å². The van der Waals surface area contributed by atoms with Gasteiger partial charge in [-0.25, -0.2) is 9.97 Å². The van der Waals surface area contributed by atoms with Crippen molar-refractivity contribution in [3.63, 3.8) is 0 Å². The largest absolute Gasteiger partial charge is 0.486 e. The molecule has 0 unspecified atom stereocenters. The molecule has 2 aromatic heterocycles. The Morgan fingerprint density at radius 3 is 2.62 bits per heavy atom. The average molecular weight is 367 g/mol. The summed E-state index contributed by atoms with van der Waals surface area (Å²) in [5.74, 6) is 2.58. The SMILES string of the molecule is CCN(CC)c1cc(-c2nc(-c3ccc4c(c3)OCCO4)cs2)ccn1. The van der Waals surface area contributed by atoms with Gasteiger partial charge in [-0.15, -0.1) is 11.3 Å². The second kappa shape index (κ2) is 7.33. The Kier molecular flexibility index (Phi) is 4.75. The zero-order valence-corrected chi connectivity index (χ0v) is 15.8. The monoisotopic (exact) mass is 367 g/mol. The van der Waals surface area contributed by atoms with Gasteiger partial charge in [0.15, 0.2) is 11.5 Å². The van der Waals surface area contributed by atoms with E-state index in [0.29, 0.717) is 13.2 Å². The van der Waals surface area contributed by atoms with Crippen LogP contribution in [0.25, 0.3) is 21.8 Å². The molecule has 0 saturated carbocycles. The van der Waals surface area contributed by atoms with Gasteiger partial charge in [0.1, 0.15) is 24.0 Å². The highest BCUT2D eigenvalue weighted by Crippen LogP contribution is 2.36. The highest BCUT2D eigenvalue weighted by Gasteiger charge is 2.14. The van der Waals surface area contributed by atoms with Crippen LogP contribution in [0.4, 0.5) is 5.82 Å². The topological polar surface area (TPSA) is 47.5 Å². The fourth-order valence-electron chi connectivity index (χ4n) is 3.01. The molecule has 0 N–H and O–H groups in total. The van der Waals surface area contributed by atoms with Gasteiger partial charge >= 0.3 is 0 Å². The first-order valence-corrected chi connectivity index (χ1v) is 9.73. The van der Waals surface area contributed by atoms with Crippen LogP contribution in [0.2, 0.25) is 0 Å². The van der Waals surface area contributed by atoms with Gasteiger partial charge in [0, 0.05) is 35.8 Å². The van der Waals surface area contributed by atoms with E-state index in [0.717, 1.165) is 52.2 Å². The summed E-state index contributed by atoms with van der Waals surface area (Å²) in [5.41, 5.74) is 3.08. The zero-order valence-electron chi connectivity index (χ0n) is 14.9. The smallest absolute Gasteiger partial charge is 0.162 e. The van der Waals surface area contributed by atoms with Crippen molar-refractivity contribution in [2.75, 3.05) is 31.2 Å². The average Bonchev–Trinajstić information content (AvgIpc) is 3.19. The molecule has 1 aliphatic heterocycles. The third-order valence-electron chi connectivity index (χ3n) is 4.42. The standard InChI is InChI=1S/C20H21N3O2S/c1-3-23(4-2)19-12-15(7-8-21-19)20-22-16(13-26-20)14-5-6-17-18(11-14)25-10-9-24-17/h5-8,11-13H,3-4,9-10H2,1-2H3. The van der Waals surface area contributed by atoms with Crippen molar-refractivity contribution in [1.82, 2.24) is 9.97 Å². The normalized spacial score (nSPS) is 12.8. The van der Waals surface area contributed by atoms with E-state index in [9.17, 15) is 0 Å². The summed E-state index contributed by atoms with van der Waals surface area (Å²) in [6, 6.07) is 10.1. The summed E-state index contributed by atoms with van der Waals surface area (Å²) in [7, 11) is 0. The molecule has 0 bridgehead atoms. The Labute approximate surface area is 157 Å². The molecule has 1 aromatic carbocycles. The van der Waals surface area contributed by atoms with E-state index in [-0.39, 0.29) is 0 Å². The number of aromatic nitrogens is 2. The molecule has 0 amide bonds. The lowest BCUT2D eigenvalue weighted by Crippen LogP contribution is -2.22. The Bertz CT molecular complexity index is 906. The fourth-order valence-corrected chi connectivity index (χ4v) is 3.84. The predicted molar refractivity (Wildman–Crippen MR) is 105 cm³/mol. The molecule has 3 aromatic rings. The molecule has 0 saturated heterocycles. The number of thiazole rings is 1. The van der Waals surface area contributed by atoms with Gasteiger partial charge < -0.3 is 14.4 Å². The van der Waals surface area contributed by atoms with Gasteiger partial charge in [0.2, 0.25) is 0 Å². The quantitative estimate of drug-likeness (QED) is 0.665. The van der Waals surface area contributed by atoms with Crippen LogP contribution < -0.4 is 14.4 Å². The van der Waals surface area contributed by atoms with E-state index in [1.54, 1.807) is 11.3 Å². The minimum atomic E-state index is 0.587. The third kappa shape index (κ3) is 3.24. The summed E-state index contributed by atoms with van der Waals surface area (Å²) in [6.45, 7) is 7.34. The second-order valence-corrected chi connectivity index (χ2v) is 6.83. The summed E-state index contributed by atoms with van der Waals surface area (Å²) in [5, 5.41) is 3.07. The van der Waals surface area contributed by atoms with Crippen LogP contribution in [0.15, 0.2) is 41.9 Å². The highest BCUT2D eigenvalue weighted by atomic mass is 32.1. The van der Waals surface area contributed by atoms with Crippen LogP contribution in [0, 0.1) is 0 Å². The minimum Gasteiger partial charge on any atom is -0.486 e. The van der Waals surface area contributed by atoms with Crippen molar-refractivity contribution in [2.24, 2.45) is 0 Å². The molecule has 1 aliphatic rings. The summed E-state index contributed by atoms with van der Waals surface area (Å²) < 4.78 is 11.3. The lowest BCUT2D eigenvalue weighted by molar-refractivity contribution is 0.171. The molecule has 0 radical (unpaired) electrons. The van der Waals surface area contributed by atoms with Crippen LogP contribution in [0.1, 0.15) is 13.8 Å². The molecule has 6 heteroatoms. The molecule has 4 rings (SSSR count). The maximum Gasteiger partial charge on any atom is 0.162 e. The Balaban J connectivity index is 1.63.